The molecule has 0 atom stereocenters. The summed E-state index contributed by atoms with van der Waals surface area (Å²) in [4.78, 5) is 0. The van der Waals surface area contributed by atoms with Crippen molar-refractivity contribution in [2.75, 3.05) is 6.26 Å². The topological polar surface area (TPSA) is 46.2 Å². The molecule has 0 aromatic carbocycles. The molecule has 0 bridgehead atoms. The highest BCUT2D eigenvalue weighted by Crippen LogP contribution is 2.38. The Labute approximate surface area is 114 Å². The van der Waals surface area contributed by atoms with Crippen LogP contribution < -0.4 is 4.72 Å². The molecule has 0 radical (unpaired) electrons. The first-order valence-electron chi connectivity index (χ1n) is 6.02. The molecular formula is C11H23NO2S3. The molecule has 0 amide bonds. The lowest BCUT2D eigenvalue weighted by molar-refractivity contribution is 0.284. The molecule has 0 spiro atoms. The van der Waals surface area contributed by atoms with E-state index in [9.17, 15) is 8.42 Å². The molecule has 0 aliphatic heterocycles. The SMILES string of the molecule is CC(C)(CC1CCC(NS(C)(=O)=O)CC1)SS. The van der Waals surface area contributed by atoms with E-state index in [2.05, 4.69) is 30.2 Å². The third-order valence-electron chi connectivity index (χ3n) is 3.25. The Morgan fingerprint density at radius 3 is 2.24 bits per heavy atom. The van der Waals surface area contributed by atoms with E-state index in [1.807, 2.05) is 0 Å². The molecule has 0 unspecified atom stereocenters. The van der Waals surface area contributed by atoms with Gasteiger partial charge in [0, 0.05) is 10.8 Å². The van der Waals surface area contributed by atoms with Gasteiger partial charge in [-0.1, -0.05) is 10.8 Å². The molecule has 1 aliphatic rings. The predicted molar refractivity (Wildman–Crippen MR) is 79.0 cm³/mol. The summed E-state index contributed by atoms with van der Waals surface area (Å²) >= 11 is 4.30. The molecule has 1 fully saturated rings. The summed E-state index contributed by atoms with van der Waals surface area (Å²) in [6.07, 6.45) is 6.55. The van der Waals surface area contributed by atoms with Crippen LogP contribution in [0.25, 0.3) is 0 Å². The van der Waals surface area contributed by atoms with Gasteiger partial charge in [-0.25, -0.2) is 13.1 Å². The third-order valence-corrected chi connectivity index (χ3v) is 6.16. The number of hydrogen-bond donors (Lipinski definition) is 2. The standard InChI is InChI=1S/C11H23NO2S3/c1-11(2,16-15)8-9-4-6-10(7-5-9)12-17(3,13)14/h9-10,12,15H,4-8H2,1-3H3. The largest absolute Gasteiger partial charge is 0.213 e. The first-order chi connectivity index (χ1) is 7.72. The lowest BCUT2D eigenvalue weighted by Gasteiger charge is -2.33. The molecule has 0 aromatic heterocycles. The van der Waals surface area contributed by atoms with Crippen molar-refractivity contribution in [3.8, 4) is 0 Å². The lowest BCUT2D eigenvalue weighted by atomic mass is 9.81. The first kappa shape index (κ1) is 15.7. The van der Waals surface area contributed by atoms with Crippen molar-refractivity contribution in [3.63, 3.8) is 0 Å². The van der Waals surface area contributed by atoms with Crippen LogP contribution in [0, 0.1) is 5.92 Å². The van der Waals surface area contributed by atoms with E-state index in [1.165, 1.54) is 6.26 Å². The van der Waals surface area contributed by atoms with Crippen LogP contribution in [0.5, 0.6) is 0 Å². The molecule has 1 aliphatic carbocycles. The number of nitrogens with one attached hydrogen (secondary N) is 1. The van der Waals surface area contributed by atoms with E-state index < -0.39 is 10.0 Å². The van der Waals surface area contributed by atoms with Gasteiger partial charge in [0.1, 0.15) is 0 Å². The Morgan fingerprint density at radius 2 is 1.82 bits per heavy atom. The maximum absolute atomic E-state index is 11.1. The van der Waals surface area contributed by atoms with Crippen molar-refractivity contribution < 1.29 is 8.42 Å². The molecule has 17 heavy (non-hydrogen) atoms. The average Bonchev–Trinajstić information content (AvgIpc) is 2.19. The van der Waals surface area contributed by atoms with E-state index in [-0.39, 0.29) is 10.8 Å². The maximum atomic E-state index is 11.1. The lowest BCUT2D eigenvalue weighted by Crippen LogP contribution is -2.37. The van der Waals surface area contributed by atoms with E-state index in [4.69, 9.17) is 0 Å². The number of hydrogen-bond acceptors (Lipinski definition) is 4. The van der Waals surface area contributed by atoms with Crippen LogP contribution in [-0.4, -0.2) is 25.5 Å². The van der Waals surface area contributed by atoms with Gasteiger partial charge in [0.2, 0.25) is 10.0 Å². The Kier molecular flexibility index (Phi) is 5.69. The molecule has 102 valence electrons. The van der Waals surface area contributed by atoms with E-state index in [0.717, 1.165) is 32.1 Å². The van der Waals surface area contributed by atoms with Crippen LogP contribution in [0.2, 0.25) is 0 Å². The molecule has 1 N–H and O–H groups in total. The van der Waals surface area contributed by atoms with Crippen molar-refractivity contribution in [1.29, 1.82) is 0 Å². The summed E-state index contributed by atoms with van der Waals surface area (Å²) in [7, 11) is -1.43. The van der Waals surface area contributed by atoms with Crippen LogP contribution >= 0.6 is 22.5 Å². The zero-order chi connectivity index (χ0) is 13.1. The molecule has 1 saturated carbocycles. The molecule has 0 saturated heterocycles. The fourth-order valence-electron chi connectivity index (χ4n) is 2.52. The van der Waals surface area contributed by atoms with Gasteiger partial charge in [-0.2, -0.15) is 0 Å². The van der Waals surface area contributed by atoms with Gasteiger partial charge in [0.25, 0.3) is 0 Å². The van der Waals surface area contributed by atoms with Crippen LogP contribution in [0.4, 0.5) is 0 Å². The maximum Gasteiger partial charge on any atom is 0.208 e. The molecule has 3 nitrogen and oxygen atoms in total. The fraction of sp³-hybridized carbons (Fsp3) is 1.00. The van der Waals surface area contributed by atoms with Gasteiger partial charge in [-0.3, -0.25) is 0 Å². The summed E-state index contributed by atoms with van der Waals surface area (Å²) in [6, 6.07) is 0.146. The molecule has 0 aromatic rings. The Bertz CT molecular complexity index is 333. The summed E-state index contributed by atoms with van der Waals surface area (Å²) in [5, 5.41) is 0. The van der Waals surface area contributed by atoms with Gasteiger partial charge in [-0.05, 0) is 51.9 Å². The second kappa shape index (κ2) is 6.17. The third kappa shape index (κ3) is 6.36. The summed E-state index contributed by atoms with van der Waals surface area (Å²) < 4.78 is 25.2. The number of sulfonamides is 1. The monoisotopic (exact) mass is 297 g/mol. The summed E-state index contributed by atoms with van der Waals surface area (Å²) in [5.74, 6) is 0.710. The fourth-order valence-corrected chi connectivity index (χ4v) is 3.89. The van der Waals surface area contributed by atoms with Crippen molar-refractivity contribution in [2.45, 2.75) is 56.7 Å². The molecule has 0 heterocycles. The quantitative estimate of drug-likeness (QED) is 0.606. The highest BCUT2D eigenvalue weighted by atomic mass is 33.1. The minimum Gasteiger partial charge on any atom is -0.213 e. The second-order valence-corrected chi connectivity index (χ2v) is 9.28. The minimum absolute atomic E-state index is 0.146. The van der Waals surface area contributed by atoms with Crippen molar-refractivity contribution in [3.05, 3.63) is 0 Å². The van der Waals surface area contributed by atoms with E-state index in [1.54, 1.807) is 10.8 Å². The smallest absolute Gasteiger partial charge is 0.208 e. The number of rotatable bonds is 5. The predicted octanol–water partition coefficient (Wildman–Crippen LogP) is 2.84. The van der Waals surface area contributed by atoms with Gasteiger partial charge in [-0.15, -0.1) is 11.7 Å². The van der Waals surface area contributed by atoms with Crippen molar-refractivity contribution >= 4 is 32.5 Å². The van der Waals surface area contributed by atoms with Crippen LogP contribution in [0.3, 0.4) is 0 Å². The Morgan fingerprint density at radius 1 is 1.29 bits per heavy atom. The first-order valence-corrected chi connectivity index (χ1v) is 9.78. The van der Waals surface area contributed by atoms with Crippen LogP contribution in [-0.2, 0) is 10.0 Å². The zero-order valence-electron chi connectivity index (χ0n) is 10.8. The van der Waals surface area contributed by atoms with E-state index >= 15 is 0 Å². The van der Waals surface area contributed by atoms with Crippen LogP contribution in [0.1, 0.15) is 46.0 Å². The summed E-state index contributed by atoms with van der Waals surface area (Å²) in [6.45, 7) is 4.43. The van der Waals surface area contributed by atoms with Crippen molar-refractivity contribution in [2.24, 2.45) is 5.92 Å². The molecule has 6 heteroatoms. The van der Waals surface area contributed by atoms with Gasteiger partial charge in [0.05, 0.1) is 6.26 Å². The van der Waals surface area contributed by atoms with Gasteiger partial charge < -0.3 is 0 Å². The highest BCUT2D eigenvalue weighted by Gasteiger charge is 2.28. The van der Waals surface area contributed by atoms with Crippen molar-refractivity contribution in [1.82, 2.24) is 4.72 Å². The van der Waals surface area contributed by atoms with Gasteiger partial charge in [0.15, 0.2) is 0 Å². The average molecular weight is 298 g/mol. The van der Waals surface area contributed by atoms with E-state index in [0.29, 0.717) is 5.92 Å². The molecule has 1 rings (SSSR count). The molecular weight excluding hydrogens is 274 g/mol. The Balaban J connectivity index is 2.36. The highest BCUT2D eigenvalue weighted by molar-refractivity contribution is 8.69. The van der Waals surface area contributed by atoms with Crippen LogP contribution in [0.15, 0.2) is 0 Å². The summed E-state index contributed by atoms with van der Waals surface area (Å²) in [5.41, 5.74) is 0. The zero-order valence-corrected chi connectivity index (χ0v) is 13.3. The number of thiol groups is 1. The minimum atomic E-state index is -3.05. The second-order valence-electron chi connectivity index (χ2n) is 5.66. The Hall–Kier alpha value is 0.610. The normalized spacial score (nSPS) is 27.1. The van der Waals surface area contributed by atoms with Gasteiger partial charge >= 0.3 is 0 Å².